The molecule has 100 valence electrons. The number of alkyl halides is 1. The van der Waals surface area contributed by atoms with Crippen LogP contribution in [-0.2, 0) is 5.33 Å². The quantitative estimate of drug-likeness (QED) is 0.539. The standard InChI is InChI=1S/C14H17BrO.C2H6/c15-10-12-5-7-13(8-6-12)14(16)9-11-3-1-2-4-11;1-2/h5-8,11H,1-4,9-10H2;1-2H3. The van der Waals surface area contributed by atoms with Crippen molar-refractivity contribution in [2.24, 2.45) is 5.92 Å². The van der Waals surface area contributed by atoms with Gasteiger partial charge in [-0.1, -0.05) is 79.7 Å². The Morgan fingerprint density at radius 3 is 2.22 bits per heavy atom. The molecule has 1 nitrogen and oxygen atoms in total. The Bertz CT molecular complexity index is 350. The molecule has 1 fully saturated rings. The fraction of sp³-hybridized carbons (Fsp3) is 0.562. The molecule has 18 heavy (non-hydrogen) atoms. The Kier molecular flexibility index (Phi) is 7.26. The molecule has 0 N–H and O–H groups in total. The maximum Gasteiger partial charge on any atom is 0.163 e. The molecule has 1 aliphatic rings. The van der Waals surface area contributed by atoms with Crippen molar-refractivity contribution < 1.29 is 4.79 Å². The summed E-state index contributed by atoms with van der Waals surface area (Å²) in [6.45, 7) is 4.00. The largest absolute Gasteiger partial charge is 0.294 e. The normalized spacial score (nSPS) is 15.1. The van der Waals surface area contributed by atoms with Crippen LogP contribution in [-0.4, -0.2) is 5.78 Å². The second-order valence-electron chi connectivity index (χ2n) is 4.61. The van der Waals surface area contributed by atoms with Crippen molar-refractivity contribution in [2.45, 2.75) is 51.3 Å². The van der Waals surface area contributed by atoms with Gasteiger partial charge in [0.15, 0.2) is 5.78 Å². The first-order valence-electron chi connectivity index (χ1n) is 6.97. The molecule has 0 heterocycles. The minimum Gasteiger partial charge on any atom is -0.294 e. The summed E-state index contributed by atoms with van der Waals surface area (Å²) in [5.74, 6) is 0.955. The molecular formula is C16H23BrO. The van der Waals surface area contributed by atoms with Crippen LogP contribution in [0.5, 0.6) is 0 Å². The second kappa shape index (κ2) is 8.47. The van der Waals surface area contributed by atoms with E-state index in [0.717, 1.165) is 17.3 Å². The minimum absolute atomic E-state index is 0.313. The molecule has 1 saturated carbocycles. The van der Waals surface area contributed by atoms with Crippen molar-refractivity contribution in [1.29, 1.82) is 0 Å². The van der Waals surface area contributed by atoms with Crippen molar-refractivity contribution in [3.63, 3.8) is 0 Å². The van der Waals surface area contributed by atoms with Gasteiger partial charge in [-0.05, 0) is 11.5 Å². The number of hydrogen-bond acceptors (Lipinski definition) is 1. The summed E-state index contributed by atoms with van der Waals surface area (Å²) in [4.78, 5) is 12.0. The highest BCUT2D eigenvalue weighted by Gasteiger charge is 2.19. The van der Waals surface area contributed by atoms with E-state index in [1.807, 2.05) is 38.1 Å². The van der Waals surface area contributed by atoms with E-state index in [1.54, 1.807) is 0 Å². The van der Waals surface area contributed by atoms with E-state index in [2.05, 4.69) is 15.9 Å². The summed E-state index contributed by atoms with van der Waals surface area (Å²) in [7, 11) is 0. The lowest BCUT2D eigenvalue weighted by molar-refractivity contribution is 0.0962. The van der Waals surface area contributed by atoms with E-state index < -0.39 is 0 Å². The van der Waals surface area contributed by atoms with Gasteiger partial charge in [-0.25, -0.2) is 0 Å². The lowest BCUT2D eigenvalue weighted by Gasteiger charge is -2.07. The molecular weight excluding hydrogens is 288 g/mol. The number of carbonyl (C=O) groups excluding carboxylic acids is 1. The van der Waals surface area contributed by atoms with Crippen LogP contribution in [0.15, 0.2) is 24.3 Å². The van der Waals surface area contributed by atoms with Crippen LogP contribution in [0, 0.1) is 5.92 Å². The molecule has 0 saturated heterocycles. The van der Waals surface area contributed by atoms with Gasteiger partial charge in [0.2, 0.25) is 0 Å². The van der Waals surface area contributed by atoms with Gasteiger partial charge in [0.1, 0.15) is 0 Å². The summed E-state index contributed by atoms with van der Waals surface area (Å²) < 4.78 is 0. The van der Waals surface area contributed by atoms with Gasteiger partial charge in [0, 0.05) is 17.3 Å². The Morgan fingerprint density at radius 1 is 1.17 bits per heavy atom. The van der Waals surface area contributed by atoms with E-state index >= 15 is 0 Å². The average Bonchev–Trinajstić information content (AvgIpc) is 2.94. The van der Waals surface area contributed by atoms with Gasteiger partial charge in [-0.3, -0.25) is 4.79 Å². The molecule has 2 rings (SSSR count). The van der Waals surface area contributed by atoms with Gasteiger partial charge in [-0.2, -0.15) is 0 Å². The van der Waals surface area contributed by atoms with Gasteiger partial charge in [0.05, 0.1) is 0 Å². The number of benzene rings is 1. The summed E-state index contributed by atoms with van der Waals surface area (Å²) >= 11 is 3.41. The lowest BCUT2D eigenvalue weighted by Crippen LogP contribution is -2.05. The summed E-state index contributed by atoms with van der Waals surface area (Å²) in [5.41, 5.74) is 2.09. The Hall–Kier alpha value is -0.630. The third-order valence-electron chi connectivity index (χ3n) is 3.38. The van der Waals surface area contributed by atoms with Crippen molar-refractivity contribution in [3.05, 3.63) is 35.4 Å². The van der Waals surface area contributed by atoms with Gasteiger partial charge < -0.3 is 0 Å². The van der Waals surface area contributed by atoms with Gasteiger partial charge in [-0.15, -0.1) is 0 Å². The van der Waals surface area contributed by atoms with E-state index in [0.29, 0.717) is 11.7 Å². The van der Waals surface area contributed by atoms with Crippen LogP contribution in [0.25, 0.3) is 0 Å². The SMILES string of the molecule is CC.O=C(CC1CCCC1)c1ccc(CBr)cc1. The smallest absolute Gasteiger partial charge is 0.163 e. The molecule has 1 aliphatic carbocycles. The highest BCUT2D eigenvalue weighted by molar-refractivity contribution is 9.08. The summed E-state index contributed by atoms with van der Waals surface area (Å²) in [6.07, 6.45) is 5.84. The molecule has 0 atom stereocenters. The summed E-state index contributed by atoms with van der Waals surface area (Å²) in [5, 5.41) is 0.851. The summed E-state index contributed by atoms with van der Waals surface area (Å²) in [6, 6.07) is 7.95. The zero-order valence-electron chi connectivity index (χ0n) is 11.4. The highest BCUT2D eigenvalue weighted by atomic mass is 79.9. The van der Waals surface area contributed by atoms with Crippen LogP contribution in [0.4, 0.5) is 0 Å². The van der Waals surface area contributed by atoms with Crippen LogP contribution in [0.2, 0.25) is 0 Å². The average molecular weight is 311 g/mol. The van der Waals surface area contributed by atoms with Crippen LogP contribution in [0.3, 0.4) is 0 Å². The molecule has 0 aliphatic heterocycles. The van der Waals surface area contributed by atoms with E-state index in [-0.39, 0.29) is 0 Å². The van der Waals surface area contributed by atoms with Gasteiger partial charge in [0.25, 0.3) is 0 Å². The highest BCUT2D eigenvalue weighted by Crippen LogP contribution is 2.28. The van der Waals surface area contributed by atoms with E-state index in [1.165, 1.54) is 31.2 Å². The second-order valence-corrected chi connectivity index (χ2v) is 5.17. The topological polar surface area (TPSA) is 17.1 Å². The van der Waals surface area contributed by atoms with Crippen LogP contribution in [0.1, 0.15) is 61.9 Å². The molecule has 1 aromatic carbocycles. The van der Waals surface area contributed by atoms with Crippen molar-refractivity contribution in [2.75, 3.05) is 0 Å². The third kappa shape index (κ3) is 4.56. The van der Waals surface area contributed by atoms with Crippen molar-refractivity contribution in [1.82, 2.24) is 0 Å². The number of ketones is 1. The van der Waals surface area contributed by atoms with E-state index in [9.17, 15) is 4.79 Å². The number of Topliss-reactive ketones (excluding diaryl/α,β-unsaturated/α-hetero) is 1. The first-order valence-corrected chi connectivity index (χ1v) is 8.10. The van der Waals surface area contributed by atoms with Gasteiger partial charge >= 0.3 is 0 Å². The van der Waals surface area contributed by atoms with Crippen LogP contribution >= 0.6 is 15.9 Å². The zero-order chi connectivity index (χ0) is 13.4. The molecule has 0 radical (unpaired) electrons. The fourth-order valence-corrected chi connectivity index (χ4v) is 2.75. The predicted molar refractivity (Wildman–Crippen MR) is 81.3 cm³/mol. The maximum atomic E-state index is 12.0. The molecule has 0 bridgehead atoms. The van der Waals surface area contributed by atoms with Crippen molar-refractivity contribution >= 4 is 21.7 Å². The molecule has 2 heteroatoms. The number of rotatable bonds is 4. The molecule has 0 unspecified atom stereocenters. The van der Waals surface area contributed by atoms with E-state index in [4.69, 9.17) is 0 Å². The molecule has 0 spiro atoms. The number of carbonyl (C=O) groups is 1. The predicted octanol–water partition coefficient (Wildman–Crippen LogP) is 5.37. The Labute approximate surface area is 119 Å². The third-order valence-corrected chi connectivity index (χ3v) is 4.03. The lowest BCUT2D eigenvalue weighted by atomic mass is 9.97. The fourth-order valence-electron chi connectivity index (χ4n) is 2.37. The molecule has 0 amide bonds. The number of halogens is 1. The van der Waals surface area contributed by atoms with Crippen molar-refractivity contribution in [3.8, 4) is 0 Å². The monoisotopic (exact) mass is 310 g/mol. The maximum absolute atomic E-state index is 12.0. The first kappa shape index (κ1) is 15.4. The molecule has 0 aromatic heterocycles. The Morgan fingerprint density at radius 2 is 1.72 bits per heavy atom. The minimum atomic E-state index is 0.313. The zero-order valence-corrected chi connectivity index (χ0v) is 13.0. The van der Waals surface area contributed by atoms with Crippen LogP contribution < -0.4 is 0 Å². The Balaban J connectivity index is 0.000000771. The number of hydrogen-bond donors (Lipinski definition) is 0. The molecule has 1 aromatic rings. The first-order chi connectivity index (χ1) is 8.79.